The van der Waals surface area contributed by atoms with Crippen molar-refractivity contribution < 1.29 is 17.9 Å². The summed E-state index contributed by atoms with van der Waals surface area (Å²) in [7, 11) is 0. The highest BCUT2D eigenvalue weighted by Gasteiger charge is 2.41. The van der Waals surface area contributed by atoms with E-state index in [1.807, 2.05) is 43.0 Å². The van der Waals surface area contributed by atoms with Gasteiger partial charge in [-0.3, -0.25) is 4.90 Å². The molecule has 9 heteroatoms. The number of aliphatic imine (C=N–C) groups is 1. The lowest BCUT2D eigenvalue weighted by molar-refractivity contribution is -0.181. The molecule has 1 aromatic rings. The Labute approximate surface area is 188 Å². The normalized spacial score (nSPS) is 17.0. The number of piperazine rings is 1. The van der Waals surface area contributed by atoms with Gasteiger partial charge in [-0.05, 0) is 31.9 Å². The van der Waals surface area contributed by atoms with Crippen molar-refractivity contribution >= 4 is 29.9 Å². The van der Waals surface area contributed by atoms with Crippen LogP contribution in [0.4, 0.5) is 13.2 Å². The Bertz CT molecular complexity index is 634. The first-order chi connectivity index (χ1) is 13.4. The maximum absolute atomic E-state index is 12.9. The van der Waals surface area contributed by atoms with Crippen molar-refractivity contribution in [3.05, 3.63) is 35.4 Å². The van der Waals surface area contributed by atoms with Crippen LogP contribution in [0.2, 0.25) is 0 Å². The molecule has 0 aliphatic carbocycles. The van der Waals surface area contributed by atoms with Crippen LogP contribution in [0.15, 0.2) is 29.3 Å². The van der Waals surface area contributed by atoms with Crippen LogP contribution in [0.3, 0.4) is 0 Å². The lowest BCUT2D eigenvalue weighted by atomic mass is 10.1. The van der Waals surface area contributed by atoms with E-state index in [-0.39, 0.29) is 24.0 Å². The molecule has 1 atom stereocenters. The molecule has 0 saturated carbocycles. The van der Waals surface area contributed by atoms with Crippen LogP contribution in [0.1, 0.15) is 31.9 Å². The van der Waals surface area contributed by atoms with E-state index in [1.54, 1.807) is 0 Å². The number of benzene rings is 1. The number of nitrogens with zero attached hydrogens (tertiary/aromatic N) is 3. The van der Waals surface area contributed by atoms with E-state index in [9.17, 15) is 13.2 Å². The Morgan fingerprint density at radius 2 is 1.76 bits per heavy atom. The fourth-order valence-corrected chi connectivity index (χ4v) is 3.18. The quantitative estimate of drug-likeness (QED) is 0.332. The zero-order valence-electron chi connectivity index (χ0n) is 17.3. The Kier molecular flexibility index (Phi) is 11.3. The van der Waals surface area contributed by atoms with Gasteiger partial charge in [-0.2, -0.15) is 13.2 Å². The molecular formula is C20H32F3IN4O. The molecule has 1 aliphatic rings. The van der Waals surface area contributed by atoms with Gasteiger partial charge < -0.3 is 15.0 Å². The fourth-order valence-electron chi connectivity index (χ4n) is 3.18. The predicted octanol–water partition coefficient (Wildman–Crippen LogP) is 3.88. The van der Waals surface area contributed by atoms with Crippen LogP contribution in [0.5, 0.6) is 0 Å². The van der Waals surface area contributed by atoms with E-state index in [4.69, 9.17) is 9.73 Å². The minimum atomic E-state index is -4.19. The number of rotatable bonds is 7. The van der Waals surface area contributed by atoms with Crippen molar-refractivity contribution in [2.75, 3.05) is 39.3 Å². The molecule has 166 valence electrons. The average molecular weight is 528 g/mol. The molecule has 0 amide bonds. The number of guanidine groups is 1. The van der Waals surface area contributed by atoms with Gasteiger partial charge in [-0.15, -0.1) is 24.0 Å². The molecule has 1 aromatic carbocycles. The van der Waals surface area contributed by atoms with Crippen molar-refractivity contribution in [3.8, 4) is 0 Å². The van der Waals surface area contributed by atoms with Crippen molar-refractivity contribution in [2.24, 2.45) is 4.99 Å². The SMILES string of the molecule is CCNC(=NCc1ccccc1COCC)N1CCN(C(C)C(F)(F)F)CC1.I. The van der Waals surface area contributed by atoms with Crippen LogP contribution >= 0.6 is 24.0 Å². The lowest BCUT2D eigenvalue weighted by Crippen LogP contribution is -2.56. The Morgan fingerprint density at radius 3 is 2.31 bits per heavy atom. The zero-order valence-corrected chi connectivity index (χ0v) is 19.7. The van der Waals surface area contributed by atoms with Crippen molar-refractivity contribution in [2.45, 2.75) is 46.1 Å². The summed E-state index contributed by atoms with van der Waals surface area (Å²) in [6.45, 7) is 9.36. The summed E-state index contributed by atoms with van der Waals surface area (Å²) in [6.07, 6.45) is -4.19. The Balaban J connectivity index is 0.00000420. The van der Waals surface area contributed by atoms with E-state index < -0.39 is 12.2 Å². The van der Waals surface area contributed by atoms with E-state index in [0.29, 0.717) is 52.5 Å². The van der Waals surface area contributed by atoms with Crippen LogP contribution in [0.25, 0.3) is 0 Å². The second kappa shape index (κ2) is 12.6. The average Bonchev–Trinajstić information content (AvgIpc) is 2.69. The molecule has 1 aliphatic heterocycles. The highest BCUT2D eigenvalue weighted by molar-refractivity contribution is 14.0. The minimum absolute atomic E-state index is 0. The van der Waals surface area contributed by atoms with Crippen molar-refractivity contribution in [1.82, 2.24) is 15.1 Å². The van der Waals surface area contributed by atoms with Crippen LogP contribution < -0.4 is 5.32 Å². The largest absolute Gasteiger partial charge is 0.403 e. The monoisotopic (exact) mass is 528 g/mol. The smallest absolute Gasteiger partial charge is 0.377 e. The number of halogens is 4. The lowest BCUT2D eigenvalue weighted by Gasteiger charge is -2.39. The van der Waals surface area contributed by atoms with Crippen LogP contribution in [-0.4, -0.2) is 67.3 Å². The van der Waals surface area contributed by atoms with Gasteiger partial charge in [0, 0.05) is 39.3 Å². The van der Waals surface area contributed by atoms with E-state index in [2.05, 4.69) is 5.32 Å². The molecule has 1 saturated heterocycles. The third kappa shape index (κ3) is 7.93. The number of alkyl halides is 3. The van der Waals surface area contributed by atoms with Crippen molar-refractivity contribution in [1.29, 1.82) is 0 Å². The minimum Gasteiger partial charge on any atom is -0.377 e. The Morgan fingerprint density at radius 1 is 1.14 bits per heavy atom. The molecular weight excluding hydrogens is 496 g/mol. The van der Waals surface area contributed by atoms with Gasteiger partial charge in [0.2, 0.25) is 0 Å². The molecule has 0 aromatic heterocycles. The van der Waals surface area contributed by atoms with Gasteiger partial charge in [0.1, 0.15) is 6.04 Å². The van der Waals surface area contributed by atoms with Gasteiger partial charge in [0.25, 0.3) is 0 Å². The van der Waals surface area contributed by atoms with Crippen LogP contribution in [-0.2, 0) is 17.9 Å². The second-order valence-electron chi connectivity index (χ2n) is 6.82. The number of nitrogens with one attached hydrogen (secondary N) is 1. The third-order valence-electron chi connectivity index (χ3n) is 4.95. The molecule has 5 nitrogen and oxygen atoms in total. The predicted molar refractivity (Wildman–Crippen MR) is 121 cm³/mol. The van der Waals surface area contributed by atoms with Gasteiger partial charge >= 0.3 is 6.18 Å². The first kappa shape index (κ1) is 26.0. The summed E-state index contributed by atoms with van der Waals surface area (Å²) in [5, 5.41) is 3.26. The molecule has 1 fully saturated rings. The summed E-state index contributed by atoms with van der Waals surface area (Å²) in [6, 6.07) is 6.60. The van der Waals surface area contributed by atoms with Crippen LogP contribution in [0, 0.1) is 0 Å². The summed E-state index contributed by atoms with van der Waals surface area (Å²) in [5.74, 6) is 0.744. The summed E-state index contributed by atoms with van der Waals surface area (Å²) in [5.41, 5.74) is 2.20. The van der Waals surface area contributed by atoms with Gasteiger partial charge in [0.15, 0.2) is 5.96 Å². The maximum Gasteiger partial charge on any atom is 0.403 e. The molecule has 29 heavy (non-hydrogen) atoms. The molecule has 0 bridgehead atoms. The number of hydrogen-bond acceptors (Lipinski definition) is 3. The highest BCUT2D eigenvalue weighted by Crippen LogP contribution is 2.25. The van der Waals surface area contributed by atoms with E-state index in [1.165, 1.54) is 11.8 Å². The maximum atomic E-state index is 12.9. The Hall–Kier alpha value is -1.07. The summed E-state index contributed by atoms with van der Waals surface area (Å²) in [4.78, 5) is 8.25. The summed E-state index contributed by atoms with van der Waals surface area (Å²) < 4.78 is 44.4. The van der Waals surface area contributed by atoms with E-state index in [0.717, 1.165) is 17.1 Å². The molecule has 1 heterocycles. The molecule has 1 unspecified atom stereocenters. The van der Waals surface area contributed by atoms with Gasteiger partial charge in [-0.25, -0.2) is 4.99 Å². The number of ether oxygens (including phenoxy) is 1. The molecule has 0 spiro atoms. The van der Waals surface area contributed by atoms with Gasteiger partial charge in [0.05, 0.1) is 13.2 Å². The molecule has 0 radical (unpaired) electrons. The highest BCUT2D eigenvalue weighted by atomic mass is 127. The first-order valence-corrected chi connectivity index (χ1v) is 9.85. The van der Waals surface area contributed by atoms with E-state index >= 15 is 0 Å². The standard InChI is InChI=1S/C20H31F3N4O.HI/c1-4-24-19(25-14-17-8-6-7-9-18(17)15-28-5-2)27-12-10-26(11-13-27)16(3)20(21,22)23;/h6-9,16H,4-5,10-15H2,1-3H3,(H,24,25);1H. The zero-order chi connectivity index (χ0) is 20.6. The third-order valence-corrected chi connectivity index (χ3v) is 4.95. The molecule has 1 N–H and O–H groups in total. The van der Waals surface area contributed by atoms with Crippen molar-refractivity contribution in [3.63, 3.8) is 0 Å². The second-order valence-corrected chi connectivity index (χ2v) is 6.82. The first-order valence-electron chi connectivity index (χ1n) is 9.85. The fraction of sp³-hybridized carbons (Fsp3) is 0.650. The summed E-state index contributed by atoms with van der Waals surface area (Å²) >= 11 is 0. The molecule has 2 rings (SSSR count). The van der Waals surface area contributed by atoms with Gasteiger partial charge in [-0.1, -0.05) is 24.3 Å². The number of hydrogen-bond donors (Lipinski definition) is 1. The topological polar surface area (TPSA) is 40.1 Å².